The first-order valence-corrected chi connectivity index (χ1v) is 7.18. The van der Waals surface area contributed by atoms with Crippen molar-refractivity contribution >= 4 is 11.9 Å². The summed E-state index contributed by atoms with van der Waals surface area (Å²) >= 11 is 0. The number of nitrogens with one attached hydrogen (secondary N) is 2. The van der Waals surface area contributed by atoms with Crippen LogP contribution in [-0.4, -0.2) is 30.6 Å². The van der Waals surface area contributed by atoms with Gasteiger partial charge in [0.15, 0.2) is 0 Å². The molecule has 3 aromatic heterocycles. The van der Waals surface area contributed by atoms with Gasteiger partial charge in [0.25, 0.3) is 5.91 Å². The van der Waals surface area contributed by atoms with Crippen LogP contribution in [-0.2, 0) is 6.18 Å². The van der Waals surface area contributed by atoms with E-state index in [-0.39, 0.29) is 0 Å². The highest BCUT2D eigenvalue weighted by Crippen LogP contribution is 2.26. The van der Waals surface area contributed by atoms with Gasteiger partial charge in [-0.05, 0) is 32.0 Å². The zero-order chi connectivity index (χ0) is 18.2. The van der Waals surface area contributed by atoms with Gasteiger partial charge in [0.1, 0.15) is 5.82 Å². The molecule has 3 rings (SSSR count). The summed E-state index contributed by atoms with van der Waals surface area (Å²) < 4.78 is 39.3. The quantitative estimate of drug-likeness (QED) is 0.760. The highest BCUT2D eigenvalue weighted by molar-refractivity contribution is 6.04. The molecule has 3 heterocycles. The van der Waals surface area contributed by atoms with Gasteiger partial charge in [-0.15, -0.1) is 5.10 Å². The second-order valence-corrected chi connectivity index (χ2v) is 5.27. The van der Waals surface area contributed by atoms with Crippen molar-refractivity contribution in [3.63, 3.8) is 0 Å². The van der Waals surface area contributed by atoms with E-state index in [1.807, 2.05) is 6.07 Å². The third-order valence-corrected chi connectivity index (χ3v) is 3.53. The van der Waals surface area contributed by atoms with Crippen molar-refractivity contribution < 1.29 is 18.0 Å². The molecule has 0 unspecified atom stereocenters. The number of anilines is 1. The molecule has 2 N–H and O–H groups in total. The van der Waals surface area contributed by atoms with Gasteiger partial charge in [0.05, 0.1) is 5.56 Å². The Morgan fingerprint density at radius 3 is 2.64 bits per heavy atom. The maximum absolute atomic E-state index is 12.5. The normalized spacial score (nSPS) is 11.6. The third kappa shape index (κ3) is 3.23. The summed E-state index contributed by atoms with van der Waals surface area (Å²) in [7, 11) is 0. The Balaban J connectivity index is 1.87. The number of aryl methyl sites for hydroxylation is 1. The lowest BCUT2D eigenvalue weighted by atomic mass is 10.2. The van der Waals surface area contributed by atoms with E-state index in [2.05, 4.69) is 20.4 Å². The summed E-state index contributed by atoms with van der Waals surface area (Å²) in [4.78, 5) is 19.8. The van der Waals surface area contributed by atoms with Crippen molar-refractivity contribution in [2.24, 2.45) is 0 Å². The molecule has 0 atom stereocenters. The molecule has 0 saturated heterocycles. The van der Waals surface area contributed by atoms with E-state index in [4.69, 9.17) is 0 Å². The topological polar surface area (TPSA) is 88.5 Å². The molecular weight excluding hydrogens is 337 g/mol. The Labute approximate surface area is 139 Å². The number of carbonyl (C=O) groups is 1. The highest BCUT2D eigenvalue weighted by atomic mass is 19.4. The maximum atomic E-state index is 12.5. The lowest BCUT2D eigenvalue weighted by Gasteiger charge is -2.08. The summed E-state index contributed by atoms with van der Waals surface area (Å²) in [5.74, 6) is -1.70. The summed E-state index contributed by atoms with van der Waals surface area (Å²) in [6.07, 6.45) is -3.04. The standard InChI is InChI=1S/C15H13F3N6O/c1-8-7-10(9(2)24(8)11-5-3-4-6-19-11)12(25)20-14-21-13(22-23-14)15(16,17)18/h3-7H,1-2H3,(H2,20,21,22,23,25). The van der Waals surface area contributed by atoms with Gasteiger partial charge in [0.2, 0.25) is 11.8 Å². The number of aromatic amines is 1. The van der Waals surface area contributed by atoms with Crippen LogP contribution in [0.5, 0.6) is 0 Å². The second-order valence-electron chi connectivity index (χ2n) is 5.27. The summed E-state index contributed by atoms with van der Waals surface area (Å²) in [6.45, 7) is 3.52. The van der Waals surface area contributed by atoms with E-state index in [1.54, 1.807) is 47.9 Å². The van der Waals surface area contributed by atoms with Crippen molar-refractivity contribution in [1.82, 2.24) is 24.7 Å². The van der Waals surface area contributed by atoms with Crippen LogP contribution in [0.15, 0.2) is 30.5 Å². The molecule has 0 aliphatic heterocycles. The number of rotatable bonds is 3. The summed E-state index contributed by atoms with van der Waals surface area (Å²) in [6, 6.07) is 6.99. The molecular formula is C15H13F3N6O. The Kier molecular flexibility index (Phi) is 4.03. The van der Waals surface area contributed by atoms with Crippen LogP contribution in [0, 0.1) is 13.8 Å². The van der Waals surface area contributed by atoms with E-state index < -0.39 is 23.9 Å². The molecule has 0 bridgehead atoms. The molecule has 0 aliphatic carbocycles. The molecule has 1 amide bonds. The van der Waals surface area contributed by atoms with Crippen molar-refractivity contribution in [1.29, 1.82) is 0 Å². The van der Waals surface area contributed by atoms with Crippen molar-refractivity contribution in [3.05, 3.63) is 53.2 Å². The minimum atomic E-state index is -4.66. The average Bonchev–Trinajstić information content (AvgIpc) is 3.13. The maximum Gasteiger partial charge on any atom is 0.451 e. The Morgan fingerprint density at radius 1 is 1.28 bits per heavy atom. The molecule has 130 valence electrons. The average molecular weight is 350 g/mol. The van der Waals surface area contributed by atoms with Crippen molar-refractivity contribution in [2.45, 2.75) is 20.0 Å². The predicted molar refractivity (Wildman–Crippen MR) is 82.4 cm³/mol. The predicted octanol–water partition coefficient (Wildman–Crippen LogP) is 2.88. The fourth-order valence-corrected chi connectivity index (χ4v) is 2.44. The zero-order valence-electron chi connectivity index (χ0n) is 13.2. The molecule has 7 nitrogen and oxygen atoms in total. The van der Waals surface area contributed by atoms with Crippen molar-refractivity contribution in [3.8, 4) is 5.82 Å². The van der Waals surface area contributed by atoms with Crippen LogP contribution in [0.1, 0.15) is 27.6 Å². The third-order valence-electron chi connectivity index (χ3n) is 3.53. The molecule has 0 radical (unpaired) electrons. The fraction of sp³-hybridized carbons (Fsp3) is 0.200. The number of pyridine rings is 1. The minimum Gasteiger partial charge on any atom is -0.302 e. The van der Waals surface area contributed by atoms with Crippen molar-refractivity contribution in [2.75, 3.05) is 5.32 Å². The minimum absolute atomic E-state index is 0.293. The van der Waals surface area contributed by atoms with E-state index in [0.717, 1.165) is 5.69 Å². The van der Waals surface area contributed by atoms with Gasteiger partial charge in [-0.2, -0.15) is 18.2 Å². The van der Waals surface area contributed by atoms with Crippen LogP contribution in [0.25, 0.3) is 5.82 Å². The molecule has 0 saturated carbocycles. The van der Waals surface area contributed by atoms with E-state index in [9.17, 15) is 18.0 Å². The first kappa shape index (κ1) is 16.7. The molecule has 0 aliphatic rings. The highest BCUT2D eigenvalue weighted by Gasteiger charge is 2.35. The SMILES string of the molecule is Cc1cc(C(=O)Nc2n[nH]c(C(F)(F)F)n2)c(C)n1-c1ccccn1. The Morgan fingerprint density at radius 2 is 2.04 bits per heavy atom. The van der Waals surface area contributed by atoms with Crippen LogP contribution in [0.4, 0.5) is 19.1 Å². The van der Waals surface area contributed by atoms with Crippen LogP contribution < -0.4 is 5.32 Å². The number of amides is 1. The summed E-state index contributed by atoms with van der Waals surface area (Å²) in [5.41, 5.74) is 1.65. The number of H-pyrrole nitrogens is 1. The Bertz CT molecular complexity index is 913. The van der Waals surface area contributed by atoms with Crippen LogP contribution >= 0.6 is 0 Å². The first-order chi connectivity index (χ1) is 11.8. The number of alkyl halides is 3. The zero-order valence-corrected chi connectivity index (χ0v) is 13.2. The summed E-state index contributed by atoms with van der Waals surface area (Å²) in [5, 5.41) is 7.36. The van der Waals surface area contributed by atoms with E-state index >= 15 is 0 Å². The molecule has 25 heavy (non-hydrogen) atoms. The molecule has 0 fully saturated rings. The van der Waals surface area contributed by atoms with Crippen LogP contribution in [0.3, 0.4) is 0 Å². The number of aromatic nitrogens is 5. The lowest BCUT2D eigenvalue weighted by molar-refractivity contribution is -0.144. The number of nitrogens with zero attached hydrogens (tertiary/aromatic N) is 4. The molecule has 0 aromatic carbocycles. The number of hydrogen-bond acceptors (Lipinski definition) is 4. The van der Waals surface area contributed by atoms with Gasteiger partial charge in [-0.3, -0.25) is 15.2 Å². The fourth-order valence-electron chi connectivity index (χ4n) is 2.44. The smallest absolute Gasteiger partial charge is 0.302 e. The lowest BCUT2D eigenvalue weighted by Crippen LogP contribution is -2.14. The number of halogens is 3. The Hall–Kier alpha value is -3.17. The first-order valence-electron chi connectivity index (χ1n) is 7.18. The molecule has 0 spiro atoms. The van der Waals surface area contributed by atoms with Gasteiger partial charge in [-0.25, -0.2) is 4.98 Å². The van der Waals surface area contributed by atoms with E-state index in [0.29, 0.717) is 17.1 Å². The molecule has 10 heteroatoms. The molecule has 3 aromatic rings. The number of carbonyl (C=O) groups excluding carboxylic acids is 1. The second kappa shape index (κ2) is 6.04. The van der Waals surface area contributed by atoms with Gasteiger partial charge in [-0.1, -0.05) is 6.07 Å². The van der Waals surface area contributed by atoms with Gasteiger partial charge in [0, 0.05) is 17.6 Å². The van der Waals surface area contributed by atoms with Gasteiger partial charge < -0.3 is 4.57 Å². The van der Waals surface area contributed by atoms with Gasteiger partial charge >= 0.3 is 6.18 Å². The number of hydrogen-bond donors (Lipinski definition) is 2. The van der Waals surface area contributed by atoms with E-state index in [1.165, 1.54) is 0 Å². The van der Waals surface area contributed by atoms with Crippen LogP contribution in [0.2, 0.25) is 0 Å². The largest absolute Gasteiger partial charge is 0.451 e. The monoisotopic (exact) mass is 350 g/mol.